The molecule has 2 aliphatic rings. The monoisotopic (exact) mass is 416 g/mol. The summed E-state index contributed by atoms with van der Waals surface area (Å²) in [5, 5.41) is 7.10. The summed E-state index contributed by atoms with van der Waals surface area (Å²) in [5.41, 5.74) is 2.61. The molecule has 0 saturated carbocycles. The quantitative estimate of drug-likeness (QED) is 0.817. The van der Waals surface area contributed by atoms with Gasteiger partial charge in [-0.1, -0.05) is 6.07 Å². The number of nitrogens with one attached hydrogen (secondary N) is 1. The van der Waals surface area contributed by atoms with Crippen molar-refractivity contribution in [1.82, 2.24) is 9.78 Å². The van der Waals surface area contributed by atoms with Crippen LogP contribution in [0, 0.1) is 0 Å². The summed E-state index contributed by atoms with van der Waals surface area (Å²) in [7, 11) is -3.32. The van der Waals surface area contributed by atoms with Gasteiger partial charge in [-0.15, -0.1) is 0 Å². The molecule has 0 radical (unpaired) electrons. The molecule has 4 rings (SSSR count). The number of aryl methyl sites for hydroxylation is 2. The lowest BCUT2D eigenvalue weighted by Gasteiger charge is -2.28. The molecule has 2 aromatic rings. The van der Waals surface area contributed by atoms with Crippen molar-refractivity contribution in [1.29, 1.82) is 0 Å². The van der Waals surface area contributed by atoms with Gasteiger partial charge >= 0.3 is 0 Å². The number of benzene rings is 1. The van der Waals surface area contributed by atoms with Gasteiger partial charge in [0.05, 0.1) is 17.1 Å². The van der Waals surface area contributed by atoms with Gasteiger partial charge in [-0.3, -0.25) is 13.9 Å². The molecular weight excluding hydrogens is 392 g/mol. The van der Waals surface area contributed by atoms with E-state index >= 15 is 0 Å². The summed E-state index contributed by atoms with van der Waals surface area (Å²) >= 11 is 0. The summed E-state index contributed by atoms with van der Waals surface area (Å²) in [6.07, 6.45) is 5.25. The number of carbonyl (C=O) groups excluding carboxylic acids is 1. The van der Waals surface area contributed by atoms with Crippen LogP contribution in [0.1, 0.15) is 36.9 Å². The fraction of sp³-hybridized carbons (Fsp3) is 0.450. The molecule has 1 saturated heterocycles. The first-order valence-corrected chi connectivity index (χ1v) is 11.5. The van der Waals surface area contributed by atoms with E-state index < -0.39 is 10.0 Å². The van der Waals surface area contributed by atoms with E-state index in [1.54, 1.807) is 30.3 Å². The van der Waals surface area contributed by atoms with Crippen LogP contribution in [-0.4, -0.2) is 36.4 Å². The zero-order valence-electron chi connectivity index (χ0n) is 16.1. The minimum atomic E-state index is -3.32. The molecule has 1 amide bonds. The normalized spacial score (nSPS) is 18.1. The number of sulfonamides is 1. The summed E-state index contributed by atoms with van der Waals surface area (Å²) in [6.45, 7) is 0.256. The first-order valence-electron chi connectivity index (χ1n) is 9.93. The zero-order chi connectivity index (χ0) is 20.4. The predicted octanol–water partition coefficient (Wildman–Crippen LogP) is 1.69. The third-order valence-corrected chi connectivity index (χ3v) is 7.20. The zero-order valence-corrected chi connectivity index (χ0v) is 17.0. The van der Waals surface area contributed by atoms with Crippen LogP contribution in [-0.2, 0) is 34.2 Å². The van der Waals surface area contributed by atoms with E-state index in [1.165, 1.54) is 8.99 Å². The Bertz CT molecular complexity index is 1090. The van der Waals surface area contributed by atoms with Gasteiger partial charge in [-0.25, -0.2) is 13.1 Å². The lowest BCUT2D eigenvalue weighted by atomic mass is 9.97. The van der Waals surface area contributed by atoms with E-state index in [0.29, 0.717) is 24.3 Å². The number of rotatable bonds is 4. The molecular formula is C20H24N4O4S. The summed E-state index contributed by atoms with van der Waals surface area (Å²) in [6, 6.07) is 8.34. The maximum atomic E-state index is 12.5. The van der Waals surface area contributed by atoms with Gasteiger partial charge in [0.2, 0.25) is 15.9 Å². The van der Waals surface area contributed by atoms with Crippen LogP contribution >= 0.6 is 0 Å². The van der Waals surface area contributed by atoms with Gasteiger partial charge in [0, 0.05) is 18.3 Å². The first-order chi connectivity index (χ1) is 13.9. The Hall–Kier alpha value is -2.68. The minimum Gasteiger partial charge on any atom is -0.324 e. The first kappa shape index (κ1) is 19.6. The molecule has 1 aliphatic carbocycles. The van der Waals surface area contributed by atoms with Gasteiger partial charge in [0.1, 0.15) is 6.54 Å². The van der Waals surface area contributed by atoms with Gasteiger partial charge in [0.15, 0.2) is 0 Å². The molecule has 154 valence electrons. The Morgan fingerprint density at radius 1 is 1.10 bits per heavy atom. The molecule has 9 heteroatoms. The molecule has 29 heavy (non-hydrogen) atoms. The molecule has 1 aromatic carbocycles. The second-order valence-electron chi connectivity index (χ2n) is 7.51. The Morgan fingerprint density at radius 3 is 2.76 bits per heavy atom. The van der Waals surface area contributed by atoms with E-state index in [2.05, 4.69) is 10.4 Å². The Balaban J connectivity index is 1.49. The van der Waals surface area contributed by atoms with E-state index in [0.717, 1.165) is 43.4 Å². The highest BCUT2D eigenvalue weighted by atomic mass is 32.2. The smallest absolute Gasteiger partial charge is 0.267 e. The fourth-order valence-electron chi connectivity index (χ4n) is 3.87. The number of hydrogen-bond acceptors (Lipinski definition) is 5. The molecule has 2 heterocycles. The third kappa shape index (κ3) is 4.34. The molecule has 1 N–H and O–H groups in total. The Labute approximate surface area is 169 Å². The SMILES string of the molecule is O=C(Cn1nc2c(cc1=O)CCCC2)Nc1cccc(N2CCCCS2(=O)=O)c1. The number of nitrogens with zero attached hydrogens (tertiary/aromatic N) is 3. The van der Waals surface area contributed by atoms with Gasteiger partial charge < -0.3 is 5.32 Å². The standard InChI is InChI=1S/C20H24N4O4S/c25-19(14-23-20(26)12-15-6-1-2-9-18(15)22-23)21-16-7-5-8-17(13-16)24-10-3-4-11-29(24,27)28/h5,7-8,12-13H,1-4,6,9-11,14H2,(H,21,25). The van der Waals surface area contributed by atoms with Crippen molar-refractivity contribution in [3.63, 3.8) is 0 Å². The average Bonchev–Trinajstić information content (AvgIpc) is 2.68. The average molecular weight is 417 g/mol. The number of carbonyl (C=O) groups is 1. The van der Waals surface area contributed by atoms with E-state index in [-0.39, 0.29) is 23.8 Å². The largest absolute Gasteiger partial charge is 0.324 e. The second-order valence-corrected chi connectivity index (χ2v) is 9.53. The maximum Gasteiger partial charge on any atom is 0.267 e. The highest BCUT2D eigenvalue weighted by molar-refractivity contribution is 7.92. The molecule has 1 fully saturated rings. The topological polar surface area (TPSA) is 101 Å². The predicted molar refractivity (Wildman–Crippen MR) is 111 cm³/mol. The fourth-order valence-corrected chi connectivity index (χ4v) is 5.50. The minimum absolute atomic E-state index is 0.135. The van der Waals surface area contributed by atoms with Crippen molar-refractivity contribution in [2.45, 2.75) is 45.1 Å². The van der Waals surface area contributed by atoms with E-state index in [1.807, 2.05) is 0 Å². The molecule has 0 spiro atoms. The van der Waals surface area contributed by atoms with Crippen LogP contribution < -0.4 is 15.2 Å². The van der Waals surface area contributed by atoms with E-state index in [9.17, 15) is 18.0 Å². The van der Waals surface area contributed by atoms with Crippen LogP contribution in [0.5, 0.6) is 0 Å². The van der Waals surface area contributed by atoms with Crippen molar-refractivity contribution >= 4 is 27.3 Å². The number of aromatic nitrogens is 2. The number of anilines is 2. The van der Waals surface area contributed by atoms with Crippen molar-refractivity contribution in [2.75, 3.05) is 21.9 Å². The number of amides is 1. The van der Waals surface area contributed by atoms with Crippen molar-refractivity contribution in [2.24, 2.45) is 0 Å². The van der Waals surface area contributed by atoms with Crippen molar-refractivity contribution in [3.8, 4) is 0 Å². The lowest BCUT2D eigenvalue weighted by Crippen LogP contribution is -2.37. The van der Waals surface area contributed by atoms with Gasteiger partial charge in [-0.2, -0.15) is 5.10 Å². The summed E-state index contributed by atoms with van der Waals surface area (Å²) < 4.78 is 27.2. The Kier molecular flexibility index (Phi) is 5.40. The Morgan fingerprint density at radius 2 is 1.93 bits per heavy atom. The molecule has 0 unspecified atom stereocenters. The van der Waals surface area contributed by atoms with Crippen LogP contribution in [0.2, 0.25) is 0 Å². The van der Waals surface area contributed by atoms with Crippen LogP contribution in [0.15, 0.2) is 35.1 Å². The lowest BCUT2D eigenvalue weighted by molar-refractivity contribution is -0.117. The van der Waals surface area contributed by atoms with Crippen LogP contribution in [0.3, 0.4) is 0 Å². The van der Waals surface area contributed by atoms with Crippen LogP contribution in [0.25, 0.3) is 0 Å². The third-order valence-electron chi connectivity index (χ3n) is 5.33. The molecule has 8 nitrogen and oxygen atoms in total. The number of hydrogen-bond donors (Lipinski definition) is 1. The maximum absolute atomic E-state index is 12.5. The number of fused-ring (bicyclic) bond motifs is 1. The summed E-state index contributed by atoms with van der Waals surface area (Å²) in [5.74, 6) is -0.245. The molecule has 1 aliphatic heterocycles. The van der Waals surface area contributed by atoms with Gasteiger partial charge in [0.25, 0.3) is 5.56 Å². The van der Waals surface area contributed by atoms with E-state index in [4.69, 9.17) is 0 Å². The second kappa shape index (κ2) is 7.98. The highest BCUT2D eigenvalue weighted by Gasteiger charge is 2.26. The van der Waals surface area contributed by atoms with Gasteiger partial charge in [-0.05, 0) is 62.3 Å². The van der Waals surface area contributed by atoms with Crippen molar-refractivity contribution < 1.29 is 13.2 Å². The van der Waals surface area contributed by atoms with Crippen LogP contribution in [0.4, 0.5) is 11.4 Å². The molecule has 0 atom stereocenters. The molecule has 1 aromatic heterocycles. The summed E-state index contributed by atoms with van der Waals surface area (Å²) in [4.78, 5) is 24.7. The molecule has 0 bridgehead atoms. The highest BCUT2D eigenvalue weighted by Crippen LogP contribution is 2.26. The van der Waals surface area contributed by atoms with Crippen molar-refractivity contribution in [3.05, 3.63) is 51.9 Å².